The van der Waals surface area contributed by atoms with Gasteiger partial charge >= 0.3 is 0 Å². The summed E-state index contributed by atoms with van der Waals surface area (Å²) in [5, 5.41) is 16.1. The van der Waals surface area contributed by atoms with Crippen LogP contribution in [0.2, 0.25) is 5.02 Å². The molecule has 0 unspecified atom stereocenters. The van der Waals surface area contributed by atoms with Crippen molar-refractivity contribution >= 4 is 46.2 Å². The molecular formula is C16H14ClN3O4S. The van der Waals surface area contributed by atoms with Gasteiger partial charge in [0.25, 0.3) is 11.6 Å². The molecule has 0 bridgehead atoms. The van der Waals surface area contributed by atoms with Crippen molar-refractivity contribution in [1.29, 1.82) is 0 Å². The first kappa shape index (κ1) is 18.6. The van der Waals surface area contributed by atoms with Crippen LogP contribution in [0.5, 0.6) is 5.75 Å². The van der Waals surface area contributed by atoms with Crippen LogP contribution in [0.1, 0.15) is 17.3 Å². The van der Waals surface area contributed by atoms with Crippen LogP contribution in [-0.4, -0.2) is 22.5 Å². The summed E-state index contributed by atoms with van der Waals surface area (Å²) in [5.74, 6) is -0.00162. The molecule has 0 radical (unpaired) electrons. The molecule has 0 spiro atoms. The molecule has 1 amide bonds. The summed E-state index contributed by atoms with van der Waals surface area (Å²) in [7, 11) is 0. The Morgan fingerprint density at radius 3 is 2.68 bits per heavy atom. The zero-order chi connectivity index (χ0) is 18.4. The third kappa shape index (κ3) is 4.88. The Hall–Kier alpha value is -2.71. The lowest BCUT2D eigenvalue weighted by Gasteiger charge is -2.13. The minimum atomic E-state index is -0.555. The van der Waals surface area contributed by atoms with Crippen LogP contribution in [0.3, 0.4) is 0 Å². The number of non-ortho nitro benzene ring substituents is 1. The first-order valence-corrected chi connectivity index (χ1v) is 7.99. The zero-order valence-corrected chi connectivity index (χ0v) is 14.7. The molecule has 2 N–H and O–H groups in total. The number of nitro groups is 1. The van der Waals surface area contributed by atoms with Crippen LogP contribution in [0.25, 0.3) is 0 Å². The summed E-state index contributed by atoms with van der Waals surface area (Å²) >= 11 is 11.1. The number of hydrogen-bond acceptors (Lipinski definition) is 5. The molecule has 2 rings (SSSR count). The number of carbonyl (C=O) groups is 1. The van der Waals surface area contributed by atoms with Gasteiger partial charge in [0.2, 0.25) is 0 Å². The highest BCUT2D eigenvalue weighted by Crippen LogP contribution is 2.26. The molecule has 0 aliphatic heterocycles. The van der Waals surface area contributed by atoms with Crippen LogP contribution in [-0.2, 0) is 0 Å². The summed E-state index contributed by atoms with van der Waals surface area (Å²) in [5.41, 5.74) is 0.537. The Kier molecular flexibility index (Phi) is 6.26. The number of anilines is 1. The maximum Gasteiger partial charge on any atom is 0.271 e. The molecule has 0 aromatic heterocycles. The van der Waals surface area contributed by atoms with E-state index in [4.69, 9.17) is 28.6 Å². The van der Waals surface area contributed by atoms with Crippen LogP contribution >= 0.6 is 23.8 Å². The highest BCUT2D eigenvalue weighted by atomic mass is 35.5. The quantitative estimate of drug-likeness (QED) is 0.466. The number of halogens is 1. The summed E-state index contributed by atoms with van der Waals surface area (Å²) in [6, 6.07) is 10.6. The minimum Gasteiger partial charge on any atom is -0.493 e. The molecule has 0 aliphatic rings. The van der Waals surface area contributed by atoms with Crippen molar-refractivity contribution in [3.05, 3.63) is 63.2 Å². The molecule has 2 aromatic rings. The van der Waals surface area contributed by atoms with E-state index in [0.717, 1.165) is 0 Å². The van der Waals surface area contributed by atoms with Gasteiger partial charge in [-0.3, -0.25) is 20.2 Å². The molecule has 7 nitrogen and oxygen atoms in total. The Labute approximate surface area is 154 Å². The predicted molar refractivity (Wildman–Crippen MR) is 99.4 cm³/mol. The van der Waals surface area contributed by atoms with E-state index < -0.39 is 10.8 Å². The fourth-order valence-corrected chi connectivity index (χ4v) is 2.40. The number of thiocarbonyl (C=S) groups is 1. The molecule has 0 heterocycles. The van der Waals surface area contributed by atoms with E-state index in [1.165, 1.54) is 18.2 Å². The standard InChI is InChI=1S/C16H14ClN3O4S/c1-2-24-14-6-4-3-5-11(14)15(21)19-16(25)18-13-8-7-10(20(22)23)9-12(13)17/h3-9H,2H2,1H3,(H2,18,19,21,25). The Morgan fingerprint density at radius 2 is 2.04 bits per heavy atom. The molecule has 0 fully saturated rings. The molecule has 0 aliphatic carbocycles. The monoisotopic (exact) mass is 379 g/mol. The van der Waals surface area contributed by atoms with Crippen LogP contribution in [0.15, 0.2) is 42.5 Å². The smallest absolute Gasteiger partial charge is 0.271 e. The van der Waals surface area contributed by atoms with Crippen molar-refractivity contribution in [1.82, 2.24) is 5.32 Å². The second kappa shape index (κ2) is 8.41. The van der Waals surface area contributed by atoms with E-state index in [2.05, 4.69) is 10.6 Å². The second-order valence-electron chi connectivity index (χ2n) is 4.76. The van der Waals surface area contributed by atoms with Crippen molar-refractivity contribution in [2.24, 2.45) is 0 Å². The van der Waals surface area contributed by atoms with Crippen molar-refractivity contribution < 1.29 is 14.5 Å². The van der Waals surface area contributed by atoms with E-state index in [0.29, 0.717) is 23.6 Å². The van der Waals surface area contributed by atoms with Gasteiger partial charge in [-0.05, 0) is 37.3 Å². The first-order chi connectivity index (χ1) is 11.9. The van der Waals surface area contributed by atoms with Crippen molar-refractivity contribution in [2.75, 3.05) is 11.9 Å². The molecule has 0 saturated carbocycles. The van der Waals surface area contributed by atoms with Gasteiger partial charge in [-0.25, -0.2) is 0 Å². The lowest BCUT2D eigenvalue weighted by molar-refractivity contribution is -0.384. The summed E-state index contributed by atoms with van der Waals surface area (Å²) in [6.45, 7) is 2.24. The number of para-hydroxylation sites is 1. The maximum atomic E-state index is 12.3. The van der Waals surface area contributed by atoms with Gasteiger partial charge in [0.1, 0.15) is 5.75 Å². The number of benzene rings is 2. The summed E-state index contributed by atoms with van der Waals surface area (Å²) in [6.07, 6.45) is 0. The summed E-state index contributed by atoms with van der Waals surface area (Å²) in [4.78, 5) is 22.5. The third-order valence-corrected chi connectivity index (χ3v) is 3.59. The molecule has 0 saturated heterocycles. The Balaban J connectivity index is 2.08. The number of rotatable bonds is 5. The number of nitro benzene ring substituents is 1. The zero-order valence-electron chi connectivity index (χ0n) is 13.1. The SMILES string of the molecule is CCOc1ccccc1C(=O)NC(=S)Nc1ccc([N+](=O)[O-])cc1Cl. The third-order valence-electron chi connectivity index (χ3n) is 3.07. The fourth-order valence-electron chi connectivity index (χ4n) is 1.98. The lowest BCUT2D eigenvalue weighted by Crippen LogP contribution is -2.34. The second-order valence-corrected chi connectivity index (χ2v) is 5.57. The Bertz CT molecular complexity index is 829. The largest absolute Gasteiger partial charge is 0.493 e. The fraction of sp³-hybridized carbons (Fsp3) is 0.125. The highest BCUT2D eigenvalue weighted by molar-refractivity contribution is 7.80. The average Bonchev–Trinajstić information content (AvgIpc) is 2.57. The molecule has 0 atom stereocenters. The van der Waals surface area contributed by atoms with Crippen LogP contribution in [0, 0.1) is 10.1 Å². The van der Waals surface area contributed by atoms with Gasteiger partial charge in [0.15, 0.2) is 5.11 Å². The molecule has 130 valence electrons. The van der Waals surface area contributed by atoms with E-state index >= 15 is 0 Å². The van der Waals surface area contributed by atoms with Crippen molar-refractivity contribution in [3.8, 4) is 5.75 Å². The van der Waals surface area contributed by atoms with E-state index in [1.54, 1.807) is 24.3 Å². The number of carbonyl (C=O) groups excluding carboxylic acids is 1. The molecular weight excluding hydrogens is 366 g/mol. The molecule has 9 heteroatoms. The highest BCUT2D eigenvalue weighted by Gasteiger charge is 2.15. The van der Waals surface area contributed by atoms with Gasteiger partial charge in [-0.15, -0.1) is 0 Å². The number of nitrogens with zero attached hydrogens (tertiary/aromatic N) is 1. The predicted octanol–water partition coefficient (Wildman–Crippen LogP) is 3.77. The van der Waals surface area contributed by atoms with Crippen LogP contribution in [0.4, 0.5) is 11.4 Å². The number of hydrogen-bond donors (Lipinski definition) is 2. The topological polar surface area (TPSA) is 93.5 Å². The Morgan fingerprint density at radius 1 is 1.32 bits per heavy atom. The van der Waals surface area contributed by atoms with Gasteiger partial charge in [0, 0.05) is 12.1 Å². The van der Waals surface area contributed by atoms with Gasteiger partial charge in [-0.1, -0.05) is 23.7 Å². The van der Waals surface area contributed by atoms with Crippen molar-refractivity contribution in [3.63, 3.8) is 0 Å². The van der Waals surface area contributed by atoms with E-state index in [9.17, 15) is 14.9 Å². The van der Waals surface area contributed by atoms with Crippen LogP contribution < -0.4 is 15.4 Å². The van der Waals surface area contributed by atoms with Gasteiger partial charge in [0.05, 0.1) is 27.8 Å². The van der Waals surface area contributed by atoms with E-state index in [-0.39, 0.29) is 15.8 Å². The minimum absolute atomic E-state index is 0.00653. The molecule has 2 aromatic carbocycles. The number of amides is 1. The van der Waals surface area contributed by atoms with Gasteiger partial charge < -0.3 is 10.1 Å². The number of nitrogens with one attached hydrogen (secondary N) is 2. The molecule has 25 heavy (non-hydrogen) atoms. The summed E-state index contributed by atoms with van der Waals surface area (Å²) < 4.78 is 5.40. The first-order valence-electron chi connectivity index (χ1n) is 7.20. The number of ether oxygens (including phenoxy) is 1. The van der Waals surface area contributed by atoms with E-state index in [1.807, 2.05) is 6.92 Å². The van der Waals surface area contributed by atoms with Gasteiger partial charge in [-0.2, -0.15) is 0 Å². The normalized spacial score (nSPS) is 10.0. The van der Waals surface area contributed by atoms with Crippen molar-refractivity contribution in [2.45, 2.75) is 6.92 Å². The average molecular weight is 380 g/mol. The maximum absolute atomic E-state index is 12.3. The lowest BCUT2D eigenvalue weighted by atomic mass is 10.2.